The molecular formula is C35H42FNO2. The molecule has 0 radical (unpaired) electrons. The van der Waals surface area contributed by atoms with Crippen molar-refractivity contribution in [2.45, 2.75) is 67.2 Å². The molecule has 39 heavy (non-hydrogen) atoms. The summed E-state index contributed by atoms with van der Waals surface area (Å²) in [6.45, 7) is 13.0. The summed E-state index contributed by atoms with van der Waals surface area (Å²) in [6, 6.07) is 30.3. The lowest BCUT2D eigenvalue weighted by Gasteiger charge is -2.27. The van der Waals surface area contributed by atoms with Gasteiger partial charge in [-0.15, -0.1) is 0 Å². The molecule has 3 aromatic rings. The number of hydrogen-bond donors (Lipinski definition) is 0. The van der Waals surface area contributed by atoms with Gasteiger partial charge in [0.25, 0.3) is 0 Å². The van der Waals surface area contributed by atoms with Crippen molar-refractivity contribution in [3.63, 3.8) is 0 Å². The third-order valence-electron chi connectivity index (χ3n) is 6.54. The molecule has 0 aromatic heterocycles. The van der Waals surface area contributed by atoms with Crippen molar-refractivity contribution in [2.24, 2.45) is 10.9 Å². The van der Waals surface area contributed by atoms with Gasteiger partial charge in [-0.1, -0.05) is 120 Å². The van der Waals surface area contributed by atoms with Crippen molar-refractivity contribution < 1.29 is 14.3 Å². The van der Waals surface area contributed by atoms with Crippen LogP contribution in [0.25, 0.3) is 11.3 Å². The number of carbonyl (C=O) groups excluding carboxylic acids is 1. The van der Waals surface area contributed by atoms with Crippen molar-refractivity contribution in [2.75, 3.05) is 0 Å². The van der Waals surface area contributed by atoms with Crippen molar-refractivity contribution in [1.82, 2.24) is 0 Å². The van der Waals surface area contributed by atoms with Gasteiger partial charge in [-0.25, -0.2) is 0 Å². The summed E-state index contributed by atoms with van der Waals surface area (Å²) in [4.78, 5) is 18.5. The molecule has 1 aliphatic carbocycles. The molecule has 2 aliphatic rings. The van der Waals surface area contributed by atoms with Gasteiger partial charge in [-0.2, -0.15) is 0 Å². The lowest BCUT2D eigenvalue weighted by molar-refractivity contribution is -0.114. The summed E-state index contributed by atoms with van der Waals surface area (Å²) in [5.41, 5.74) is 9.20. The molecule has 1 heterocycles. The third kappa shape index (κ3) is 7.86. The SMILES string of the molecule is CC.CC.CC(=O)/C=C(/C)OF.CCC1c2ccccc2C2=C(c3ccccc3)N=C(c3ccccc3)CC21. The molecule has 4 heteroatoms. The number of benzene rings is 3. The van der Waals surface area contributed by atoms with Gasteiger partial charge in [0.1, 0.15) is 5.76 Å². The number of halogens is 1. The van der Waals surface area contributed by atoms with Crippen LogP contribution in [0.1, 0.15) is 89.5 Å². The predicted molar refractivity (Wildman–Crippen MR) is 163 cm³/mol. The van der Waals surface area contributed by atoms with Crippen LogP contribution in [-0.4, -0.2) is 11.5 Å². The minimum Gasteiger partial charge on any atom is -0.299 e. The van der Waals surface area contributed by atoms with Crippen molar-refractivity contribution in [3.05, 3.63) is 119 Å². The van der Waals surface area contributed by atoms with Crippen LogP contribution < -0.4 is 0 Å². The second-order valence-corrected chi connectivity index (χ2v) is 8.91. The molecule has 0 N–H and O–H groups in total. The van der Waals surface area contributed by atoms with Crippen LogP contribution in [-0.2, 0) is 9.74 Å². The van der Waals surface area contributed by atoms with E-state index < -0.39 is 0 Å². The highest BCUT2D eigenvalue weighted by Gasteiger charge is 2.40. The molecule has 0 fully saturated rings. The van der Waals surface area contributed by atoms with E-state index in [-0.39, 0.29) is 11.5 Å². The van der Waals surface area contributed by atoms with E-state index in [4.69, 9.17) is 4.99 Å². The number of fused-ring (bicyclic) bond motifs is 3. The molecule has 2 unspecified atom stereocenters. The molecule has 2 atom stereocenters. The Bertz CT molecular complexity index is 1280. The molecule has 206 valence electrons. The van der Waals surface area contributed by atoms with Crippen LogP contribution in [0.5, 0.6) is 0 Å². The summed E-state index contributed by atoms with van der Waals surface area (Å²) >= 11 is 0. The maximum atomic E-state index is 11.0. The smallest absolute Gasteiger partial charge is 0.156 e. The number of allylic oxidation sites excluding steroid dienone is 3. The summed E-state index contributed by atoms with van der Waals surface area (Å²) in [6.07, 6.45) is 3.25. The fourth-order valence-electron chi connectivity index (χ4n) is 5.12. The van der Waals surface area contributed by atoms with Gasteiger partial charge in [0.05, 0.1) is 5.70 Å². The molecular weight excluding hydrogens is 485 g/mol. The van der Waals surface area contributed by atoms with E-state index in [1.165, 1.54) is 47.4 Å². The number of carbonyl (C=O) groups is 1. The van der Waals surface area contributed by atoms with Gasteiger partial charge in [-0.05, 0) is 60.8 Å². The molecule has 3 nitrogen and oxygen atoms in total. The zero-order chi connectivity index (χ0) is 28.8. The van der Waals surface area contributed by atoms with Crippen LogP contribution in [0.4, 0.5) is 4.53 Å². The zero-order valence-electron chi connectivity index (χ0n) is 24.4. The van der Waals surface area contributed by atoms with Crippen LogP contribution in [0.2, 0.25) is 0 Å². The quantitative estimate of drug-likeness (QED) is 0.245. The second-order valence-electron chi connectivity index (χ2n) is 8.91. The fraction of sp³-hybridized carbons (Fsp3) is 0.314. The zero-order valence-corrected chi connectivity index (χ0v) is 24.4. The maximum Gasteiger partial charge on any atom is 0.156 e. The highest BCUT2D eigenvalue weighted by molar-refractivity contribution is 6.11. The Morgan fingerprint density at radius 2 is 1.41 bits per heavy atom. The van der Waals surface area contributed by atoms with E-state index in [2.05, 4.69) is 96.8 Å². The normalized spacial score (nSPS) is 17.0. The third-order valence-corrected chi connectivity index (χ3v) is 6.54. The van der Waals surface area contributed by atoms with Crippen molar-refractivity contribution >= 4 is 22.8 Å². The van der Waals surface area contributed by atoms with Gasteiger partial charge in [0, 0.05) is 21.9 Å². The van der Waals surface area contributed by atoms with Gasteiger partial charge in [0.15, 0.2) is 5.78 Å². The Labute approximate surface area is 234 Å². The van der Waals surface area contributed by atoms with Crippen LogP contribution >= 0.6 is 0 Å². The minimum atomic E-state index is -0.222. The second kappa shape index (κ2) is 16.2. The van der Waals surface area contributed by atoms with Crippen LogP contribution in [0, 0.1) is 5.92 Å². The average molecular weight is 528 g/mol. The first-order valence-electron chi connectivity index (χ1n) is 14.0. The van der Waals surface area contributed by atoms with E-state index >= 15 is 0 Å². The van der Waals surface area contributed by atoms with E-state index in [9.17, 15) is 9.32 Å². The largest absolute Gasteiger partial charge is 0.299 e. The van der Waals surface area contributed by atoms with Crippen molar-refractivity contribution in [1.29, 1.82) is 0 Å². The number of hydrogen-bond acceptors (Lipinski definition) is 3. The predicted octanol–water partition coefficient (Wildman–Crippen LogP) is 10.0. The lowest BCUT2D eigenvalue weighted by atomic mass is 9.80. The standard InChI is InChI=1S/C26H23N.C5H7FO2.2C2H6/c1-2-20-21-15-9-10-16-22(21)25-23(20)17-24(18-11-5-3-6-12-18)27-26(25)19-13-7-4-8-14-19;1-4(7)3-5(2)8-6;2*1-2/h3-16,20,23H,2,17H2,1H3;3H,1-2H3;2*1-2H3/b;5-3-;;. The Hall–Kier alpha value is -3.79. The molecule has 0 saturated carbocycles. The Morgan fingerprint density at radius 3 is 1.92 bits per heavy atom. The molecule has 1 aliphatic heterocycles. The summed E-state index contributed by atoms with van der Waals surface area (Å²) in [5, 5.41) is 0. The highest BCUT2D eigenvalue weighted by atomic mass is 19.3. The van der Waals surface area contributed by atoms with Gasteiger partial charge in [0.2, 0.25) is 0 Å². The maximum absolute atomic E-state index is 11.0. The van der Waals surface area contributed by atoms with E-state index in [1.807, 2.05) is 27.7 Å². The van der Waals surface area contributed by atoms with Crippen LogP contribution in [0.15, 0.2) is 102 Å². The fourth-order valence-corrected chi connectivity index (χ4v) is 5.12. The van der Waals surface area contributed by atoms with Gasteiger partial charge < -0.3 is 0 Å². The van der Waals surface area contributed by atoms with E-state index in [1.54, 1.807) is 0 Å². The Morgan fingerprint density at radius 1 is 0.872 bits per heavy atom. The van der Waals surface area contributed by atoms with Crippen molar-refractivity contribution in [3.8, 4) is 0 Å². The molecule has 0 bridgehead atoms. The first-order valence-corrected chi connectivity index (χ1v) is 14.0. The van der Waals surface area contributed by atoms with Gasteiger partial charge >= 0.3 is 0 Å². The lowest BCUT2D eigenvalue weighted by Crippen LogP contribution is -2.18. The number of nitrogens with zero attached hydrogens (tertiary/aromatic N) is 1. The van der Waals surface area contributed by atoms with Gasteiger partial charge in [-0.3, -0.25) is 14.7 Å². The number of rotatable bonds is 5. The highest BCUT2D eigenvalue weighted by Crippen LogP contribution is 2.54. The summed E-state index contributed by atoms with van der Waals surface area (Å²) in [7, 11) is 0. The summed E-state index contributed by atoms with van der Waals surface area (Å²) in [5.74, 6) is 0.845. The Balaban J connectivity index is 0.000000382. The average Bonchev–Trinajstić information content (AvgIpc) is 3.33. The van der Waals surface area contributed by atoms with Crippen LogP contribution in [0.3, 0.4) is 0 Å². The first kappa shape index (κ1) is 31.4. The monoisotopic (exact) mass is 527 g/mol. The molecule has 0 saturated heterocycles. The minimum absolute atomic E-state index is 0.0162. The van der Waals surface area contributed by atoms with E-state index in [0.717, 1.165) is 24.6 Å². The van der Waals surface area contributed by atoms with E-state index in [0.29, 0.717) is 11.8 Å². The molecule has 3 aromatic carbocycles. The summed E-state index contributed by atoms with van der Waals surface area (Å²) < 4.78 is 11.0. The molecule has 5 rings (SSSR count). The number of aliphatic imine (C=N–C) groups is 1. The molecule has 0 spiro atoms. The topological polar surface area (TPSA) is 38.7 Å². The molecule has 0 amide bonds. The Kier molecular flexibility index (Phi) is 13.1. The number of ketones is 1. The first-order chi connectivity index (χ1) is 19.0.